The summed E-state index contributed by atoms with van der Waals surface area (Å²) in [7, 11) is 0. The first-order valence-electron chi connectivity index (χ1n) is 21.1. The summed E-state index contributed by atoms with van der Waals surface area (Å²) < 4.78 is 15.8. The minimum atomic E-state index is 0.838. The largest absolute Gasteiger partial charge is 0.455 e. The van der Waals surface area contributed by atoms with Gasteiger partial charge in [-0.05, 0) is 88.8 Å². The number of hydrogen-bond acceptors (Lipinski definition) is 3. The zero-order chi connectivity index (χ0) is 40.7. The molecule has 4 nitrogen and oxygen atoms in total. The van der Waals surface area contributed by atoms with E-state index >= 15 is 0 Å². The number of rotatable bonds is 6. The molecular formula is C58H36N2O2. The normalized spacial score (nSPS) is 11.9. The van der Waals surface area contributed by atoms with Gasteiger partial charge < -0.3 is 18.3 Å². The zero-order valence-corrected chi connectivity index (χ0v) is 33.5. The molecule has 0 bridgehead atoms. The molecule has 0 aliphatic heterocycles. The van der Waals surface area contributed by atoms with E-state index in [2.05, 4.69) is 216 Å². The van der Waals surface area contributed by atoms with Gasteiger partial charge in [0.1, 0.15) is 16.7 Å². The SMILES string of the molecule is c1cc(-c2ccc(N(c3ccccc3-c3cccc4oc5c6ccccc6ccc5c34)c3cccc4c3oc3ccccc34)cc2)cc(-n2c3ccccc3c3ccccc32)c1. The summed E-state index contributed by atoms with van der Waals surface area (Å²) in [6, 6.07) is 77.9. The van der Waals surface area contributed by atoms with Gasteiger partial charge in [0.25, 0.3) is 0 Å². The second-order valence-corrected chi connectivity index (χ2v) is 16.0. The van der Waals surface area contributed by atoms with Crippen LogP contribution >= 0.6 is 0 Å². The van der Waals surface area contributed by atoms with E-state index in [1.165, 1.54) is 21.8 Å². The van der Waals surface area contributed by atoms with Crippen LogP contribution in [0.4, 0.5) is 17.1 Å². The average molecular weight is 793 g/mol. The molecule has 3 aromatic heterocycles. The van der Waals surface area contributed by atoms with Crippen LogP contribution in [0.25, 0.3) is 104 Å². The second kappa shape index (κ2) is 13.6. The Kier molecular flexibility index (Phi) is 7.57. The molecule has 0 saturated carbocycles. The number of furan rings is 2. The number of hydrogen-bond donors (Lipinski definition) is 0. The van der Waals surface area contributed by atoms with Crippen molar-refractivity contribution in [3.05, 3.63) is 218 Å². The molecule has 0 N–H and O–H groups in total. The summed E-state index contributed by atoms with van der Waals surface area (Å²) in [4.78, 5) is 2.36. The summed E-state index contributed by atoms with van der Waals surface area (Å²) in [5, 5.41) is 9.15. The molecule has 0 atom stereocenters. The van der Waals surface area contributed by atoms with E-state index in [9.17, 15) is 0 Å². The molecule has 0 fully saturated rings. The monoisotopic (exact) mass is 792 g/mol. The molecule has 0 radical (unpaired) electrons. The molecule has 62 heavy (non-hydrogen) atoms. The topological polar surface area (TPSA) is 34.5 Å². The fourth-order valence-electron chi connectivity index (χ4n) is 9.82. The molecule has 290 valence electrons. The molecule has 10 aromatic carbocycles. The van der Waals surface area contributed by atoms with Gasteiger partial charge in [-0.3, -0.25) is 0 Å². The van der Waals surface area contributed by atoms with Crippen LogP contribution in [-0.2, 0) is 0 Å². The number of aromatic nitrogens is 1. The number of anilines is 3. The van der Waals surface area contributed by atoms with Crippen molar-refractivity contribution < 1.29 is 8.83 Å². The molecule has 13 aromatic rings. The first kappa shape index (κ1) is 34.5. The minimum Gasteiger partial charge on any atom is -0.455 e. The van der Waals surface area contributed by atoms with Crippen LogP contribution in [0.2, 0.25) is 0 Å². The number of fused-ring (bicyclic) bond motifs is 11. The Labute approximate surface area is 356 Å². The highest BCUT2D eigenvalue weighted by Crippen LogP contribution is 2.48. The van der Waals surface area contributed by atoms with Crippen LogP contribution in [0.1, 0.15) is 0 Å². The van der Waals surface area contributed by atoms with Gasteiger partial charge in [-0.25, -0.2) is 0 Å². The van der Waals surface area contributed by atoms with Crippen molar-refractivity contribution in [3.63, 3.8) is 0 Å². The maximum atomic E-state index is 6.75. The van der Waals surface area contributed by atoms with Crippen molar-refractivity contribution in [1.29, 1.82) is 0 Å². The quantitative estimate of drug-likeness (QED) is 0.168. The fraction of sp³-hybridized carbons (Fsp3) is 0. The summed E-state index contributed by atoms with van der Waals surface area (Å²) in [5.74, 6) is 0. The summed E-state index contributed by atoms with van der Waals surface area (Å²) in [6.45, 7) is 0. The van der Waals surface area contributed by atoms with Gasteiger partial charge in [-0.2, -0.15) is 0 Å². The van der Waals surface area contributed by atoms with Crippen molar-refractivity contribution in [2.75, 3.05) is 4.90 Å². The van der Waals surface area contributed by atoms with Crippen LogP contribution in [0.15, 0.2) is 227 Å². The fourth-order valence-corrected chi connectivity index (χ4v) is 9.82. The van der Waals surface area contributed by atoms with E-state index in [0.717, 1.165) is 99.7 Å². The lowest BCUT2D eigenvalue weighted by Crippen LogP contribution is -2.11. The third kappa shape index (κ3) is 5.20. The number of benzene rings is 10. The maximum absolute atomic E-state index is 6.75. The van der Waals surface area contributed by atoms with Crippen molar-refractivity contribution in [1.82, 2.24) is 4.57 Å². The number of nitrogens with zero attached hydrogens (tertiary/aromatic N) is 2. The first-order chi connectivity index (χ1) is 30.8. The third-order valence-electron chi connectivity index (χ3n) is 12.6. The van der Waals surface area contributed by atoms with E-state index in [1.807, 2.05) is 12.1 Å². The minimum absolute atomic E-state index is 0.838. The van der Waals surface area contributed by atoms with Gasteiger partial charge in [0.15, 0.2) is 5.58 Å². The molecular weight excluding hydrogens is 757 g/mol. The lowest BCUT2D eigenvalue weighted by atomic mass is 9.96. The van der Waals surface area contributed by atoms with Crippen LogP contribution in [0.5, 0.6) is 0 Å². The lowest BCUT2D eigenvalue weighted by molar-refractivity contribution is 0.669. The van der Waals surface area contributed by atoms with Gasteiger partial charge in [0.05, 0.1) is 22.4 Å². The van der Waals surface area contributed by atoms with E-state index < -0.39 is 0 Å². The van der Waals surface area contributed by atoms with Crippen molar-refractivity contribution >= 4 is 93.5 Å². The molecule has 4 heteroatoms. The average Bonchev–Trinajstić information content (AvgIpc) is 4.03. The molecule has 0 spiro atoms. The van der Waals surface area contributed by atoms with E-state index in [4.69, 9.17) is 8.83 Å². The summed E-state index contributed by atoms with van der Waals surface area (Å²) in [6.07, 6.45) is 0. The Hall–Kier alpha value is -8.34. The highest BCUT2D eigenvalue weighted by Gasteiger charge is 2.24. The van der Waals surface area contributed by atoms with Crippen LogP contribution in [0.3, 0.4) is 0 Å². The van der Waals surface area contributed by atoms with Crippen molar-refractivity contribution in [2.45, 2.75) is 0 Å². The predicted molar refractivity (Wildman–Crippen MR) is 258 cm³/mol. The van der Waals surface area contributed by atoms with Gasteiger partial charge in [0, 0.05) is 54.6 Å². The molecule has 0 aliphatic carbocycles. The Balaban J connectivity index is 0.994. The third-order valence-corrected chi connectivity index (χ3v) is 12.6. The molecule has 0 amide bonds. The number of para-hydroxylation sites is 5. The van der Waals surface area contributed by atoms with Gasteiger partial charge in [-0.1, -0.05) is 152 Å². The van der Waals surface area contributed by atoms with Crippen LogP contribution < -0.4 is 4.90 Å². The van der Waals surface area contributed by atoms with Crippen molar-refractivity contribution in [3.8, 4) is 27.9 Å². The Morgan fingerprint density at radius 2 is 0.968 bits per heavy atom. The van der Waals surface area contributed by atoms with Gasteiger partial charge in [0.2, 0.25) is 0 Å². The summed E-state index contributed by atoms with van der Waals surface area (Å²) in [5.41, 5.74) is 14.5. The second-order valence-electron chi connectivity index (χ2n) is 16.0. The van der Waals surface area contributed by atoms with E-state index in [1.54, 1.807) is 0 Å². The Bertz CT molecular complexity index is 3830. The molecule has 3 heterocycles. The van der Waals surface area contributed by atoms with Gasteiger partial charge in [-0.15, -0.1) is 0 Å². The van der Waals surface area contributed by atoms with Crippen LogP contribution in [0, 0.1) is 0 Å². The van der Waals surface area contributed by atoms with Gasteiger partial charge >= 0.3 is 0 Å². The molecule has 0 saturated heterocycles. The van der Waals surface area contributed by atoms with E-state index in [-0.39, 0.29) is 0 Å². The highest BCUT2D eigenvalue weighted by atomic mass is 16.3. The molecule has 0 aliphatic rings. The van der Waals surface area contributed by atoms with Crippen LogP contribution in [-0.4, -0.2) is 4.57 Å². The Morgan fingerprint density at radius 3 is 1.81 bits per heavy atom. The standard InChI is InChI=1S/C58H36N2O2/c1-2-17-42-38(14-1)32-35-49-56-47(22-13-29-55(56)62-57(42)49)45-20-5-9-26-52(45)59(53-27-12-23-48-46-21-6-10-28-54(46)61-58(48)53)40-33-30-37(31-34-40)39-15-11-16-41(36-39)60-50-24-7-3-18-43(50)44-19-4-8-25-51(44)60/h1-36H. The molecule has 0 unspecified atom stereocenters. The zero-order valence-electron chi connectivity index (χ0n) is 33.5. The molecule has 13 rings (SSSR count). The highest BCUT2D eigenvalue weighted by molar-refractivity contribution is 6.20. The predicted octanol–water partition coefficient (Wildman–Crippen LogP) is 16.5. The van der Waals surface area contributed by atoms with E-state index in [0.29, 0.717) is 0 Å². The van der Waals surface area contributed by atoms with Crippen molar-refractivity contribution in [2.24, 2.45) is 0 Å². The first-order valence-corrected chi connectivity index (χ1v) is 21.1. The lowest BCUT2D eigenvalue weighted by Gasteiger charge is -2.28. The summed E-state index contributed by atoms with van der Waals surface area (Å²) >= 11 is 0. The smallest absolute Gasteiger partial charge is 0.159 e. The maximum Gasteiger partial charge on any atom is 0.159 e. The Morgan fingerprint density at radius 1 is 0.355 bits per heavy atom.